The quantitative estimate of drug-likeness (QED) is 0.844. The lowest BCUT2D eigenvalue weighted by atomic mass is 9.94. The molecule has 0 fully saturated rings. The number of benzene rings is 1. The molecule has 1 aromatic carbocycles. The maximum Gasteiger partial charge on any atom is 0.214 e. The Hall–Kier alpha value is -0.870. The first-order valence-corrected chi connectivity index (χ1v) is 8.14. The van der Waals surface area contributed by atoms with Gasteiger partial charge in [0, 0.05) is 13.1 Å². The van der Waals surface area contributed by atoms with Crippen LogP contribution in [0.5, 0.6) is 0 Å². The molecule has 0 aliphatic carbocycles. The van der Waals surface area contributed by atoms with Crippen molar-refractivity contribution in [3.8, 4) is 0 Å². The highest BCUT2D eigenvalue weighted by atomic mass is 32.2. The first-order chi connectivity index (χ1) is 8.44. The van der Waals surface area contributed by atoms with Crippen LogP contribution in [0.2, 0.25) is 0 Å². The molecular formula is C14H21NO2S. The number of nitrogens with zero attached hydrogens (tertiary/aromatic N) is 1. The minimum Gasteiger partial charge on any atom is -0.212 e. The first-order valence-electron chi connectivity index (χ1n) is 6.53. The zero-order chi connectivity index (χ0) is 13.3. The molecule has 0 N–H and O–H groups in total. The molecule has 1 aromatic rings. The summed E-state index contributed by atoms with van der Waals surface area (Å²) in [6.45, 7) is 7.17. The van der Waals surface area contributed by atoms with Gasteiger partial charge in [0.15, 0.2) is 0 Å². The maximum absolute atomic E-state index is 11.9. The van der Waals surface area contributed by atoms with E-state index >= 15 is 0 Å². The van der Waals surface area contributed by atoms with Crippen LogP contribution in [0.1, 0.15) is 43.4 Å². The van der Waals surface area contributed by atoms with E-state index in [0.717, 1.165) is 6.42 Å². The molecule has 0 bridgehead atoms. The van der Waals surface area contributed by atoms with Gasteiger partial charge in [0.05, 0.1) is 5.75 Å². The van der Waals surface area contributed by atoms with Crippen LogP contribution in [0.3, 0.4) is 0 Å². The standard InChI is InChI=1S/C14H21NO2S/c1-4-18(16,17)15-8-7-12-5-6-13(11(2)3)9-14(12)10-15/h5-6,9,11H,4,7-8,10H2,1-3H3. The number of hydrogen-bond donors (Lipinski definition) is 0. The number of sulfonamides is 1. The van der Waals surface area contributed by atoms with Gasteiger partial charge in [-0.05, 0) is 36.0 Å². The van der Waals surface area contributed by atoms with Gasteiger partial charge in [0.25, 0.3) is 0 Å². The monoisotopic (exact) mass is 267 g/mol. The van der Waals surface area contributed by atoms with E-state index in [0.29, 0.717) is 19.0 Å². The molecule has 0 spiro atoms. The Morgan fingerprint density at radius 1 is 1.28 bits per heavy atom. The number of rotatable bonds is 3. The molecule has 3 nitrogen and oxygen atoms in total. The Morgan fingerprint density at radius 2 is 2.00 bits per heavy atom. The predicted molar refractivity (Wildman–Crippen MR) is 74.1 cm³/mol. The van der Waals surface area contributed by atoms with Gasteiger partial charge < -0.3 is 0 Å². The summed E-state index contributed by atoms with van der Waals surface area (Å²) in [6, 6.07) is 6.48. The predicted octanol–water partition coefficient (Wildman–Crippen LogP) is 2.52. The van der Waals surface area contributed by atoms with Gasteiger partial charge in [-0.2, -0.15) is 4.31 Å². The van der Waals surface area contributed by atoms with Crippen molar-refractivity contribution in [3.05, 3.63) is 34.9 Å². The smallest absolute Gasteiger partial charge is 0.212 e. The highest BCUT2D eigenvalue weighted by Gasteiger charge is 2.25. The van der Waals surface area contributed by atoms with E-state index in [1.54, 1.807) is 11.2 Å². The summed E-state index contributed by atoms with van der Waals surface area (Å²) in [5.41, 5.74) is 3.75. The molecule has 0 radical (unpaired) electrons. The lowest BCUT2D eigenvalue weighted by molar-refractivity contribution is 0.392. The molecule has 0 saturated carbocycles. The van der Waals surface area contributed by atoms with Crippen LogP contribution in [0, 0.1) is 0 Å². The maximum atomic E-state index is 11.9. The molecule has 0 saturated heterocycles. The summed E-state index contributed by atoms with van der Waals surface area (Å²) in [7, 11) is -3.06. The second kappa shape index (κ2) is 5.02. The van der Waals surface area contributed by atoms with Crippen molar-refractivity contribution in [1.82, 2.24) is 4.31 Å². The van der Waals surface area contributed by atoms with Gasteiger partial charge in [-0.15, -0.1) is 0 Å². The lowest BCUT2D eigenvalue weighted by Gasteiger charge is -2.28. The fourth-order valence-corrected chi connectivity index (χ4v) is 3.40. The molecule has 18 heavy (non-hydrogen) atoms. The van der Waals surface area contributed by atoms with Crippen LogP contribution < -0.4 is 0 Å². The van der Waals surface area contributed by atoms with Crippen molar-refractivity contribution in [2.45, 2.75) is 39.7 Å². The minimum atomic E-state index is -3.06. The van der Waals surface area contributed by atoms with Gasteiger partial charge in [-0.3, -0.25) is 0 Å². The van der Waals surface area contributed by atoms with Crippen molar-refractivity contribution < 1.29 is 8.42 Å². The summed E-state index contributed by atoms with van der Waals surface area (Å²) in [6.07, 6.45) is 0.826. The molecule has 1 aliphatic heterocycles. The Balaban J connectivity index is 2.30. The van der Waals surface area contributed by atoms with E-state index in [9.17, 15) is 8.42 Å². The van der Waals surface area contributed by atoms with Crippen LogP contribution in [0.25, 0.3) is 0 Å². The second-order valence-electron chi connectivity index (χ2n) is 5.17. The molecule has 100 valence electrons. The van der Waals surface area contributed by atoms with Crippen LogP contribution >= 0.6 is 0 Å². The molecule has 0 unspecified atom stereocenters. The van der Waals surface area contributed by atoms with E-state index < -0.39 is 10.0 Å². The molecule has 0 amide bonds. The highest BCUT2D eigenvalue weighted by Crippen LogP contribution is 2.25. The largest absolute Gasteiger partial charge is 0.214 e. The van der Waals surface area contributed by atoms with Gasteiger partial charge >= 0.3 is 0 Å². The molecule has 1 heterocycles. The number of hydrogen-bond acceptors (Lipinski definition) is 2. The molecular weight excluding hydrogens is 246 g/mol. The zero-order valence-corrected chi connectivity index (χ0v) is 12.1. The molecule has 0 atom stereocenters. The third-order valence-corrected chi connectivity index (χ3v) is 5.46. The highest BCUT2D eigenvalue weighted by molar-refractivity contribution is 7.89. The molecule has 0 aromatic heterocycles. The van der Waals surface area contributed by atoms with E-state index in [4.69, 9.17) is 0 Å². The van der Waals surface area contributed by atoms with Crippen molar-refractivity contribution in [3.63, 3.8) is 0 Å². The van der Waals surface area contributed by atoms with E-state index in [1.165, 1.54) is 16.7 Å². The van der Waals surface area contributed by atoms with Gasteiger partial charge in [0.2, 0.25) is 10.0 Å². The van der Waals surface area contributed by atoms with Gasteiger partial charge in [-0.25, -0.2) is 8.42 Å². The van der Waals surface area contributed by atoms with Crippen LogP contribution in [0.15, 0.2) is 18.2 Å². The lowest BCUT2D eigenvalue weighted by Crippen LogP contribution is -2.36. The van der Waals surface area contributed by atoms with E-state index in [2.05, 4.69) is 32.0 Å². The SMILES string of the molecule is CCS(=O)(=O)N1CCc2ccc(C(C)C)cc2C1. The van der Waals surface area contributed by atoms with Crippen molar-refractivity contribution in [2.75, 3.05) is 12.3 Å². The Kier molecular flexibility index (Phi) is 3.78. The molecule has 4 heteroatoms. The average molecular weight is 267 g/mol. The summed E-state index contributed by atoms with van der Waals surface area (Å²) in [4.78, 5) is 0. The van der Waals surface area contributed by atoms with Crippen LogP contribution in [-0.2, 0) is 23.0 Å². The van der Waals surface area contributed by atoms with Crippen molar-refractivity contribution in [2.24, 2.45) is 0 Å². The topological polar surface area (TPSA) is 37.4 Å². The Labute approximate surface area is 110 Å². The van der Waals surface area contributed by atoms with Crippen LogP contribution in [-0.4, -0.2) is 25.0 Å². The second-order valence-corrected chi connectivity index (χ2v) is 7.42. The normalized spacial score (nSPS) is 16.9. The molecule has 2 rings (SSSR count). The fourth-order valence-electron chi connectivity index (χ4n) is 2.33. The van der Waals surface area contributed by atoms with E-state index in [1.807, 2.05) is 0 Å². The molecule has 1 aliphatic rings. The van der Waals surface area contributed by atoms with Crippen LogP contribution in [0.4, 0.5) is 0 Å². The summed E-state index contributed by atoms with van der Waals surface area (Å²) < 4.78 is 25.4. The number of fused-ring (bicyclic) bond motifs is 1. The van der Waals surface area contributed by atoms with Gasteiger partial charge in [-0.1, -0.05) is 32.0 Å². The van der Waals surface area contributed by atoms with Crippen molar-refractivity contribution >= 4 is 10.0 Å². The summed E-state index contributed by atoms with van der Waals surface area (Å²) >= 11 is 0. The third kappa shape index (κ3) is 2.59. The Morgan fingerprint density at radius 3 is 2.61 bits per heavy atom. The minimum absolute atomic E-state index is 0.187. The fraction of sp³-hybridized carbons (Fsp3) is 0.571. The Bertz CT molecular complexity index is 535. The average Bonchev–Trinajstić information content (AvgIpc) is 2.37. The summed E-state index contributed by atoms with van der Waals surface area (Å²) in [5.74, 6) is 0.667. The van der Waals surface area contributed by atoms with Gasteiger partial charge in [0.1, 0.15) is 0 Å². The zero-order valence-electron chi connectivity index (χ0n) is 11.3. The first kappa shape index (κ1) is 13.6. The summed E-state index contributed by atoms with van der Waals surface area (Å²) in [5, 5.41) is 0. The van der Waals surface area contributed by atoms with Crippen molar-refractivity contribution in [1.29, 1.82) is 0 Å². The van der Waals surface area contributed by atoms with E-state index in [-0.39, 0.29) is 5.75 Å². The third-order valence-electron chi connectivity index (χ3n) is 3.63.